The van der Waals surface area contributed by atoms with Crippen molar-refractivity contribution in [2.75, 3.05) is 5.32 Å². The van der Waals surface area contributed by atoms with E-state index in [1.807, 2.05) is 0 Å². The van der Waals surface area contributed by atoms with Crippen LogP contribution in [-0.4, -0.2) is 22.2 Å². The van der Waals surface area contributed by atoms with Crippen LogP contribution >= 0.6 is 11.6 Å². The molecule has 1 aliphatic rings. The normalized spacial score (nSPS) is 23.6. The molecule has 0 unspecified atom stereocenters. The van der Waals surface area contributed by atoms with Crippen molar-refractivity contribution in [3.63, 3.8) is 0 Å². The van der Waals surface area contributed by atoms with Gasteiger partial charge >= 0.3 is 0 Å². The average Bonchev–Trinajstić information content (AvgIpc) is 2.15. The molecule has 1 aromatic rings. The number of anilines is 1. The van der Waals surface area contributed by atoms with Crippen molar-refractivity contribution in [1.29, 1.82) is 0 Å². The van der Waals surface area contributed by atoms with E-state index < -0.39 is 4.92 Å². The van der Waals surface area contributed by atoms with Crippen molar-refractivity contribution in [3.8, 4) is 0 Å². The van der Waals surface area contributed by atoms with Gasteiger partial charge in [0.15, 0.2) is 0 Å². The maximum Gasteiger partial charge on any atom is 0.292 e. The Balaban J connectivity index is 2.17. The second kappa shape index (κ2) is 4.27. The molecule has 2 rings (SSSR count). The number of nitrogens with one attached hydrogen (secondary N) is 1. The highest BCUT2D eigenvalue weighted by molar-refractivity contribution is 6.31. The van der Waals surface area contributed by atoms with Crippen LogP contribution in [0.25, 0.3) is 0 Å². The smallest absolute Gasteiger partial charge is 0.292 e. The maximum absolute atomic E-state index is 10.8. The van der Waals surface area contributed by atoms with Crippen LogP contribution in [0.1, 0.15) is 12.8 Å². The summed E-state index contributed by atoms with van der Waals surface area (Å²) in [5, 5.41) is 23.4. The first-order chi connectivity index (χ1) is 7.56. The van der Waals surface area contributed by atoms with Crippen molar-refractivity contribution in [3.05, 3.63) is 33.3 Å². The van der Waals surface area contributed by atoms with E-state index in [2.05, 4.69) is 5.32 Å². The molecular weight excluding hydrogens is 232 g/mol. The van der Waals surface area contributed by atoms with Crippen LogP contribution in [0, 0.1) is 10.1 Å². The molecule has 0 bridgehead atoms. The molecule has 16 heavy (non-hydrogen) atoms. The van der Waals surface area contributed by atoms with Gasteiger partial charge in [0.05, 0.1) is 11.0 Å². The van der Waals surface area contributed by atoms with Crippen molar-refractivity contribution in [2.45, 2.75) is 25.0 Å². The van der Waals surface area contributed by atoms with E-state index in [0.717, 1.165) is 0 Å². The first-order valence-electron chi connectivity index (χ1n) is 4.95. The lowest BCUT2D eigenvalue weighted by atomic mass is 9.89. The van der Waals surface area contributed by atoms with E-state index in [4.69, 9.17) is 16.7 Å². The third kappa shape index (κ3) is 2.25. The molecule has 1 fully saturated rings. The lowest BCUT2D eigenvalue weighted by Crippen LogP contribution is -2.39. The van der Waals surface area contributed by atoms with Gasteiger partial charge in [-0.2, -0.15) is 0 Å². The predicted octanol–water partition coefficient (Wildman–Crippen LogP) is 2.18. The Bertz CT molecular complexity index is 419. The molecule has 0 amide bonds. The molecule has 1 saturated carbocycles. The summed E-state index contributed by atoms with van der Waals surface area (Å²) < 4.78 is 0. The van der Waals surface area contributed by atoms with Gasteiger partial charge in [0.25, 0.3) is 5.69 Å². The number of halogens is 1. The molecule has 2 N–H and O–H groups in total. The fourth-order valence-electron chi connectivity index (χ4n) is 1.71. The zero-order valence-corrected chi connectivity index (χ0v) is 9.15. The Labute approximate surface area is 97.2 Å². The molecular formula is C10H11ClN2O3. The van der Waals surface area contributed by atoms with E-state index >= 15 is 0 Å². The number of hydrogen-bond acceptors (Lipinski definition) is 4. The van der Waals surface area contributed by atoms with E-state index in [1.165, 1.54) is 18.2 Å². The minimum absolute atomic E-state index is 0.00536. The number of aliphatic hydroxyl groups is 1. The molecule has 0 radical (unpaired) electrons. The van der Waals surface area contributed by atoms with Crippen LogP contribution in [0.15, 0.2) is 18.2 Å². The molecule has 6 heteroatoms. The largest absolute Gasteiger partial charge is 0.393 e. The quantitative estimate of drug-likeness (QED) is 0.629. The van der Waals surface area contributed by atoms with Crippen LogP contribution in [0.3, 0.4) is 0 Å². The minimum Gasteiger partial charge on any atom is -0.393 e. The number of benzene rings is 1. The summed E-state index contributed by atoms with van der Waals surface area (Å²) in [6.45, 7) is 0. The van der Waals surface area contributed by atoms with Crippen LogP contribution in [0.4, 0.5) is 11.4 Å². The Hall–Kier alpha value is -1.33. The molecule has 0 aliphatic heterocycles. The summed E-state index contributed by atoms with van der Waals surface area (Å²) in [4.78, 5) is 10.3. The van der Waals surface area contributed by atoms with Gasteiger partial charge in [-0.05, 0) is 25.0 Å². The van der Waals surface area contributed by atoms with Gasteiger partial charge in [0.2, 0.25) is 0 Å². The Morgan fingerprint density at radius 1 is 1.50 bits per heavy atom. The first-order valence-corrected chi connectivity index (χ1v) is 5.32. The molecule has 0 atom stereocenters. The van der Waals surface area contributed by atoms with Gasteiger partial charge in [-0.1, -0.05) is 11.6 Å². The summed E-state index contributed by atoms with van der Waals surface area (Å²) in [6.07, 6.45) is 0.934. The Kier molecular flexibility index (Phi) is 2.98. The third-order valence-corrected chi connectivity index (χ3v) is 2.86. The third-order valence-electron chi connectivity index (χ3n) is 2.63. The predicted molar refractivity (Wildman–Crippen MR) is 60.8 cm³/mol. The molecule has 1 aromatic carbocycles. The first kappa shape index (κ1) is 11.2. The lowest BCUT2D eigenvalue weighted by molar-refractivity contribution is -0.384. The zero-order chi connectivity index (χ0) is 11.7. The number of nitro benzene ring substituents is 1. The molecule has 0 aromatic heterocycles. The molecule has 86 valence electrons. The Morgan fingerprint density at radius 3 is 2.75 bits per heavy atom. The van der Waals surface area contributed by atoms with Crippen molar-refractivity contribution in [2.24, 2.45) is 0 Å². The summed E-state index contributed by atoms with van der Waals surface area (Å²) in [7, 11) is 0. The van der Waals surface area contributed by atoms with E-state index in [0.29, 0.717) is 23.6 Å². The number of aliphatic hydroxyl groups excluding tert-OH is 1. The van der Waals surface area contributed by atoms with E-state index in [-0.39, 0.29) is 17.8 Å². The SMILES string of the molecule is O=[N+]([O-])c1ccc(Cl)cc1NC1CC(O)C1. The zero-order valence-electron chi connectivity index (χ0n) is 8.39. The molecule has 0 spiro atoms. The molecule has 5 nitrogen and oxygen atoms in total. The maximum atomic E-state index is 10.8. The standard InChI is InChI=1S/C10H11ClN2O3/c11-6-1-2-10(13(15)16)9(3-6)12-7-4-8(14)5-7/h1-3,7-8,12,14H,4-5H2. The highest BCUT2D eigenvalue weighted by atomic mass is 35.5. The van der Waals surface area contributed by atoms with Gasteiger partial charge in [-0.15, -0.1) is 0 Å². The fraction of sp³-hybridized carbons (Fsp3) is 0.400. The van der Waals surface area contributed by atoms with Gasteiger partial charge < -0.3 is 10.4 Å². The van der Waals surface area contributed by atoms with Crippen molar-refractivity contribution >= 4 is 23.0 Å². The topological polar surface area (TPSA) is 75.4 Å². The van der Waals surface area contributed by atoms with E-state index in [1.54, 1.807) is 0 Å². The summed E-state index contributed by atoms with van der Waals surface area (Å²) in [6, 6.07) is 4.48. The number of rotatable bonds is 3. The average molecular weight is 243 g/mol. The van der Waals surface area contributed by atoms with Crippen LogP contribution < -0.4 is 5.32 Å². The monoisotopic (exact) mass is 242 g/mol. The highest BCUT2D eigenvalue weighted by Gasteiger charge is 2.28. The number of nitrogens with zero attached hydrogens (tertiary/aromatic N) is 1. The molecule has 0 saturated heterocycles. The summed E-state index contributed by atoms with van der Waals surface area (Å²) in [5.41, 5.74) is 0.417. The summed E-state index contributed by atoms with van der Waals surface area (Å²) >= 11 is 5.78. The van der Waals surface area contributed by atoms with E-state index in [9.17, 15) is 10.1 Å². The lowest BCUT2D eigenvalue weighted by Gasteiger charge is -2.32. The van der Waals surface area contributed by atoms with Crippen LogP contribution in [0.2, 0.25) is 5.02 Å². The van der Waals surface area contributed by atoms with Gasteiger partial charge in [-0.3, -0.25) is 10.1 Å². The number of nitro groups is 1. The van der Waals surface area contributed by atoms with Crippen molar-refractivity contribution in [1.82, 2.24) is 0 Å². The second-order valence-corrected chi connectivity index (χ2v) is 4.32. The summed E-state index contributed by atoms with van der Waals surface area (Å²) in [5.74, 6) is 0. The molecule has 1 aliphatic carbocycles. The van der Waals surface area contributed by atoms with Gasteiger partial charge in [0.1, 0.15) is 5.69 Å². The fourth-order valence-corrected chi connectivity index (χ4v) is 1.88. The highest BCUT2D eigenvalue weighted by Crippen LogP contribution is 2.31. The Morgan fingerprint density at radius 2 is 2.19 bits per heavy atom. The van der Waals surface area contributed by atoms with Crippen molar-refractivity contribution < 1.29 is 10.0 Å². The second-order valence-electron chi connectivity index (χ2n) is 3.89. The minimum atomic E-state index is -0.451. The van der Waals surface area contributed by atoms with Gasteiger partial charge in [-0.25, -0.2) is 0 Å². The molecule has 0 heterocycles. The van der Waals surface area contributed by atoms with Crippen LogP contribution in [0.5, 0.6) is 0 Å². The number of hydrogen-bond donors (Lipinski definition) is 2. The van der Waals surface area contributed by atoms with Crippen LogP contribution in [-0.2, 0) is 0 Å². The van der Waals surface area contributed by atoms with Gasteiger partial charge in [0, 0.05) is 17.1 Å².